The van der Waals surface area contributed by atoms with Gasteiger partial charge in [0.1, 0.15) is 5.03 Å². The lowest BCUT2D eigenvalue weighted by Gasteiger charge is -2.19. The first-order chi connectivity index (χ1) is 9.77. The third-order valence-corrected chi connectivity index (χ3v) is 4.10. The molecule has 0 spiro atoms. The molecule has 0 aliphatic rings. The first-order valence-electron chi connectivity index (χ1n) is 6.61. The van der Waals surface area contributed by atoms with E-state index >= 15 is 0 Å². The molecule has 0 bridgehead atoms. The summed E-state index contributed by atoms with van der Waals surface area (Å²) in [6, 6.07) is 9.77. The molecule has 1 aromatic carbocycles. The van der Waals surface area contributed by atoms with Crippen molar-refractivity contribution in [3.8, 4) is 0 Å². The van der Waals surface area contributed by atoms with Crippen LogP contribution in [-0.2, 0) is 5.41 Å². The maximum atomic E-state index is 11.5. The van der Waals surface area contributed by atoms with E-state index in [1.807, 2.05) is 12.1 Å². The number of benzene rings is 1. The van der Waals surface area contributed by atoms with Crippen molar-refractivity contribution >= 4 is 23.4 Å². The summed E-state index contributed by atoms with van der Waals surface area (Å²) in [7, 11) is 0. The lowest BCUT2D eigenvalue weighted by molar-refractivity contribution is 0.0997. The third kappa shape index (κ3) is 3.76. The molecule has 0 atom stereocenters. The van der Waals surface area contributed by atoms with Gasteiger partial charge in [-0.2, -0.15) is 0 Å². The number of amides is 1. The topological polar surface area (TPSA) is 82.0 Å². The zero-order valence-corrected chi connectivity index (χ0v) is 13.2. The molecule has 0 unspecified atom stereocenters. The Bertz CT molecular complexity index is 660. The lowest BCUT2D eigenvalue weighted by Crippen LogP contribution is -2.13. The Hall–Kier alpha value is -2.01. The van der Waals surface area contributed by atoms with E-state index in [0.717, 1.165) is 4.90 Å². The Kier molecular flexibility index (Phi) is 4.23. The van der Waals surface area contributed by atoms with Gasteiger partial charge in [0.15, 0.2) is 0 Å². The molecule has 2 aromatic rings. The Morgan fingerprint density at radius 2 is 1.81 bits per heavy atom. The molecule has 0 fully saturated rings. The van der Waals surface area contributed by atoms with E-state index in [4.69, 9.17) is 11.5 Å². The van der Waals surface area contributed by atoms with Gasteiger partial charge in [0, 0.05) is 4.90 Å². The smallest absolute Gasteiger partial charge is 0.251 e. The number of nitrogen functional groups attached to an aromatic ring is 1. The lowest BCUT2D eigenvalue weighted by atomic mass is 9.87. The largest absolute Gasteiger partial charge is 0.397 e. The fourth-order valence-corrected chi connectivity index (χ4v) is 2.73. The number of carbonyl (C=O) groups is 1. The van der Waals surface area contributed by atoms with Gasteiger partial charge in [-0.3, -0.25) is 4.79 Å². The number of rotatable bonds is 3. The maximum Gasteiger partial charge on any atom is 0.251 e. The highest BCUT2D eigenvalue weighted by Gasteiger charge is 2.15. The highest BCUT2D eigenvalue weighted by atomic mass is 32.2. The highest BCUT2D eigenvalue weighted by Crippen LogP contribution is 2.31. The number of carbonyl (C=O) groups excluding carboxylic acids is 1. The molecular weight excluding hydrogens is 282 g/mol. The van der Waals surface area contributed by atoms with Gasteiger partial charge in [-0.15, -0.1) is 0 Å². The van der Waals surface area contributed by atoms with E-state index in [1.54, 1.807) is 6.07 Å². The predicted molar refractivity (Wildman–Crippen MR) is 86.4 cm³/mol. The summed E-state index contributed by atoms with van der Waals surface area (Å²) < 4.78 is 0. The molecule has 0 saturated heterocycles. The van der Waals surface area contributed by atoms with Crippen LogP contribution in [-0.4, -0.2) is 10.9 Å². The van der Waals surface area contributed by atoms with Gasteiger partial charge in [-0.1, -0.05) is 44.7 Å². The summed E-state index contributed by atoms with van der Waals surface area (Å²) in [4.78, 5) is 16.7. The van der Waals surface area contributed by atoms with Crippen LogP contribution in [0.25, 0.3) is 0 Å². The quantitative estimate of drug-likeness (QED) is 0.912. The highest BCUT2D eigenvalue weighted by molar-refractivity contribution is 7.99. The Labute approximate surface area is 128 Å². The molecule has 5 heteroatoms. The fourth-order valence-electron chi connectivity index (χ4n) is 1.86. The van der Waals surface area contributed by atoms with Crippen molar-refractivity contribution in [2.75, 3.05) is 5.73 Å². The second kappa shape index (κ2) is 5.77. The minimum atomic E-state index is -0.524. The normalized spacial score (nSPS) is 11.4. The van der Waals surface area contributed by atoms with Crippen molar-refractivity contribution in [1.29, 1.82) is 0 Å². The van der Waals surface area contributed by atoms with Crippen molar-refractivity contribution in [3.63, 3.8) is 0 Å². The summed E-state index contributed by atoms with van der Waals surface area (Å²) in [6.45, 7) is 6.51. The van der Waals surface area contributed by atoms with E-state index < -0.39 is 5.91 Å². The van der Waals surface area contributed by atoms with Crippen LogP contribution < -0.4 is 11.5 Å². The first kappa shape index (κ1) is 15.4. The molecule has 4 N–H and O–H groups in total. The van der Waals surface area contributed by atoms with Gasteiger partial charge in [-0.25, -0.2) is 4.98 Å². The van der Waals surface area contributed by atoms with Crippen LogP contribution >= 0.6 is 11.8 Å². The fraction of sp³-hybridized carbons (Fsp3) is 0.250. The minimum absolute atomic E-state index is 0.112. The number of pyridine rings is 1. The summed E-state index contributed by atoms with van der Waals surface area (Å²) in [6.07, 6.45) is 1.53. The molecule has 21 heavy (non-hydrogen) atoms. The molecule has 1 aromatic heterocycles. The Morgan fingerprint density at radius 1 is 1.19 bits per heavy atom. The van der Waals surface area contributed by atoms with Gasteiger partial charge >= 0.3 is 0 Å². The molecule has 0 saturated carbocycles. The molecule has 0 aliphatic heterocycles. The summed E-state index contributed by atoms with van der Waals surface area (Å²) in [5.41, 5.74) is 13.2. The SMILES string of the molecule is CC(C)(C)c1ccc(Sc2ncc(N)cc2C(N)=O)cc1. The predicted octanol–water partition coefficient (Wildman–Crippen LogP) is 3.21. The van der Waals surface area contributed by atoms with Crippen LogP contribution in [0.15, 0.2) is 46.5 Å². The number of anilines is 1. The van der Waals surface area contributed by atoms with Gasteiger partial charge in [0.25, 0.3) is 5.91 Å². The maximum absolute atomic E-state index is 11.5. The number of nitrogens with two attached hydrogens (primary N) is 2. The minimum Gasteiger partial charge on any atom is -0.397 e. The third-order valence-electron chi connectivity index (χ3n) is 3.07. The van der Waals surface area contributed by atoms with Crippen LogP contribution in [0.1, 0.15) is 36.7 Å². The van der Waals surface area contributed by atoms with Crippen LogP contribution in [0.5, 0.6) is 0 Å². The van der Waals surface area contributed by atoms with E-state index in [1.165, 1.54) is 23.5 Å². The monoisotopic (exact) mass is 301 g/mol. The molecule has 4 nitrogen and oxygen atoms in total. The Morgan fingerprint density at radius 3 is 2.33 bits per heavy atom. The van der Waals surface area contributed by atoms with Crippen molar-refractivity contribution in [2.24, 2.45) is 5.73 Å². The molecule has 1 amide bonds. The van der Waals surface area contributed by atoms with Gasteiger partial charge < -0.3 is 11.5 Å². The number of hydrogen-bond acceptors (Lipinski definition) is 4. The molecule has 1 heterocycles. The van der Waals surface area contributed by atoms with Gasteiger partial charge in [-0.05, 0) is 29.2 Å². The van der Waals surface area contributed by atoms with E-state index in [2.05, 4.69) is 37.9 Å². The van der Waals surface area contributed by atoms with Gasteiger partial charge in [0.05, 0.1) is 17.4 Å². The van der Waals surface area contributed by atoms with E-state index in [0.29, 0.717) is 16.3 Å². The molecular formula is C16H19N3OS. The average Bonchev–Trinajstić information content (AvgIpc) is 2.40. The number of nitrogens with zero attached hydrogens (tertiary/aromatic N) is 1. The van der Waals surface area contributed by atoms with Crippen LogP contribution in [0.3, 0.4) is 0 Å². The second-order valence-electron chi connectivity index (χ2n) is 5.86. The van der Waals surface area contributed by atoms with Crippen LogP contribution in [0, 0.1) is 0 Å². The zero-order chi connectivity index (χ0) is 15.6. The summed E-state index contributed by atoms with van der Waals surface area (Å²) in [5, 5.41) is 0.570. The van der Waals surface area contributed by atoms with E-state index in [9.17, 15) is 4.79 Å². The second-order valence-corrected chi connectivity index (χ2v) is 6.92. The molecule has 110 valence electrons. The van der Waals surface area contributed by atoms with Crippen LogP contribution in [0.4, 0.5) is 5.69 Å². The van der Waals surface area contributed by atoms with Crippen molar-refractivity contribution in [1.82, 2.24) is 4.98 Å². The summed E-state index contributed by atoms with van der Waals surface area (Å²) in [5.74, 6) is -0.524. The van der Waals surface area contributed by atoms with Crippen molar-refractivity contribution in [2.45, 2.75) is 36.1 Å². The Balaban J connectivity index is 2.28. The number of aromatic nitrogens is 1. The number of hydrogen-bond donors (Lipinski definition) is 2. The van der Waals surface area contributed by atoms with E-state index in [-0.39, 0.29) is 5.41 Å². The average molecular weight is 301 g/mol. The first-order valence-corrected chi connectivity index (χ1v) is 7.43. The zero-order valence-electron chi connectivity index (χ0n) is 12.4. The summed E-state index contributed by atoms with van der Waals surface area (Å²) >= 11 is 1.40. The van der Waals surface area contributed by atoms with Crippen molar-refractivity contribution < 1.29 is 4.79 Å². The molecule has 0 aliphatic carbocycles. The van der Waals surface area contributed by atoms with Crippen LogP contribution in [0.2, 0.25) is 0 Å². The standard InChI is InChI=1S/C16H19N3OS/c1-16(2,3)10-4-6-12(7-5-10)21-15-13(14(18)20)8-11(17)9-19-15/h4-9H,17H2,1-3H3,(H2,18,20). The van der Waals surface area contributed by atoms with Gasteiger partial charge in [0.2, 0.25) is 0 Å². The molecule has 0 radical (unpaired) electrons. The van der Waals surface area contributed by atoms with Crippen molar-refractivity contribution in [3.05, 3.63) is 47.7 Å². The molecule has 2 rings (SSSR count). The number of primary amides is 1.